The van der Waals surface area contributed by atoms with Crippen molar-refractivity contribution in [2.75, 3.05) is 27.6 Å². The van der Waals surface area contributed by atoms with Gasteiger partial charge in [0.25, 0.3) is 0 Å². The Hall–Kier alpha value is -2.18. The summed E-state index contributed by atoms with van der Waals surface area (Å²) >= 11 is 2.26. The maximum Gasteiger partial charge on any atom is 0.231 e. The number of nitriles is 1. The number of halogens is 1. The SMILES string of the molecule is COc1ccc(C2NCCc3cc4c(cc3C2C#N)OCO4)c(I)c1OC. The molecule has 2 aromatic rings. The first-order chi connectivity index (χ1) is 13.2. The van der Waals surface area contributed by atoms with Gasteiger partial charge in [-0.3, -0.25) is 0 Å². The molecule has 0 radical (unpaired) electrons. The monoisotopic (exact) mass is 478 g/mol. The molecule has 27 heavy (non-hydrogen) atoms. The first kappa shape index (κ1) is 18.2. The molecule has 140 valence electrons. The van der Waals surface area contributed by atoms with Gasteiger partial charge in [0.1, 0.15) is 0 Å². The third kappa shape index (κ3) is 3.07. The number of rotatable bonds is 3. The Labute approximate surface area is 171 Å². The van der Waals surface area contributed by atoms with Crippen LogP contribution in [0.5, 0.6) is 23.0 Å². The zero-order valence-electron chi connectivity index (χ0n) is 15.0. The van der Waals surface area contributed by atoms with E-state index in [9.17, 15) is 5.26 Å². The molecule has 0 aromatic heterocycles. The Morgan fingerprint density at radius 1 is 1.15 bits per heavy atom. The van der Waals surface area contributed by atoms with Gasteiger partial charge in [0, 0.05) is 0 Å². The molecule has 2 atom stereocenters. The molecule has 2 aromatic carbocycles. The molecule has 0 fully saturated rings. The van der Waals surface area contributed by atoms with Gasteiger partial charge < -0.3 is 24.3 Å². The fourth-order valence-electron chi connectivity index (χ4n) is 3.74. The summed E-state index contributed by atoms with van der Waals surface area (Å²) in [5.41, 5.74) is 3.13. The average molecular weight is 478 g/mol. The molecule has 4 rings (SSSR count). The lowest BCUT2D eigenvalue weighted by molar-refractivity contribution is 0.174. The summed E-state index contributed by atoms with van der Waals surface area (Å²) in [4.78, 5) is 0. The van der Waals surface area contributed by atoms with Crippen LogP contribution in [0, 0.1) is 14.9 Å². The predicted molar refractivity (Wildman–Crippen MR) is 108 cm³/mol. The van der Waals surface area contributed by atoms with Gasteiger partial charge in [-0.2, -0.15) is 5.26 Å². The van der Waals surface area contributed by atoms with Gasteiger partial charge in [0.05, 0.1) is 35.8 Å². The molecule has 0 bridgehead atoms. The summed E-state index contributed by atoms with van der Waals surface area (Å²) in [5.74, 6) is 2.46. The van der Waals surface area contributed by atoms with Gasteiger partial charge in [-0.1, -0.05) is 6.07 Å². The number of nitrogens with one attached hydrogen (secondary N) is 1. The maximum atomic E-state index is 10.0. The van der Waals surface area contributed by atoms with Crippen molar-refractivity contribution >= 4 is 22.6 Å². The summed E-state index contributed by atoms with van der Waals surface area (Å²) in [5, 5.41) is 13.6. The normalized spacial score (nSPS) is 20.4. The Morgan fingerprint density at radius 3 is 2.63 bits per heavy atom. The van der Waals surface area contributed by atoms with Crippen LogP contribution >= 0.6 is 22.6 Å². The lowest BCUT2D eigenvalue weighted by atomic mass is 9.86. The van der Waals surface area contributed by atoms with E-state index in [4.69, 9.17) is 18.9 Å². The molecule has 1 N–H and O–H groups in total. The molecular formula is C20H19IN2O4. The molecule has 2 aliphatic rings. The van der Waals surface area contributed by atoms with E-state index < -0.39 is 0 Å². The minimum atomic E-state index is -0.358. The highest BCUT2D eigenvalue weighted by Crippen LogP contribution is 2.45. The van der Waals surface area contributed by atoms with E-state index >= 15 is 0 Å². The van der Waals surface area contributed by atoms with Gasteiger partial charge >= 0.3 is 0 Å². The molecule has 7 heteroatoms. The summed E-state index contributed by atoms with van der Waals surface area (Å²) < 4.78 is 22.9. The second-order valence-corrected chi connectivity index (χ2v) is 7.48. The topological polar surface area (TPSA) is 72.7 Å². The molecule has 6 nitrogen and oxygen atoms in total. The summed E-state index contributed by atoms with van der Waals surface area (Å²) in [7, 11) is 3.25. The highest BCUT2D eigenvalue weighted by Gasteiger charge is 2.33. The molecule has 2 heterocycles. The lowest BCUT2D eigenvalue weighted by Gasteiger charge is -2.25. The van der Waals surface area contributed by atoms with Crippen LogP contribution in [-0.4, -0.2) is 27.6 Å². The number of benzene rings is 2. The van der Waals surface area contributed by atoms with Crippen LogP contribution in [0.3, 0.4) is 0 Å². The van der Waals surface area contributed by atoms with E-state index in [1.165, 1.54) is 0 Å². The standard InChI is InChI=1S/C20H19IN2O4/c1-24-15-4-3-12(18(21)20(15)25-2)19-14(9-22)13-8-17-16(26-10-27-17)7-11(13)5-6-23-19/h3-4,7-8,14,19,23H,5-6,10H2,1-2H3. The average Bonchev–Trinajstić information content (AvgIpc) is 3.06. The van der Waals surface area contributed by atoms with Gasteiger partial charge in [0.2, 0.25) is 6.79 Å². The first-order valence-corrected chi connectivity index (χ1v) is 9.71. The summed E-state index contributed by atoms with van der Waals surface area (Å²) in [6, 6.07) is 10.2. The molecule has 2 unspecified atom stereocenters. The third-order valence-electron chi connectivity index (χ3n) is 5.05. The Kier molecular flexibility index (Phi) is 5.02. The lowest BCUT2D eigenvalue weighted by Crippen LogP contribution is -2.26. The number of methoxy groups -OCH3 is 2. The molecule has 0 spiro atoms. The van der Waals surface area contributed by atoms with Crippen molar-refractivity contribution in [1.82, 2.24) is 5.32 Å². The maximum absolute atomic E-state index is 10.0. The van der Waals surface area contributed by atoms with E-state index in [0.29, 0.717) is 17.2 Å². The van der Waals surface area contributed by atoms with Gasteiger partial charge in [-0.05, 0) is 70.4 Å². The van der Waals surface area contributed by atoms with E-state index in [0.717, 1.165) is 39.0 Å². The van der Waals surface area contributed by atoms with Crippen LogP contribution in [0.15, 0.2) is 24.3 Å². The summed E-state index contributed by atoms with van der Waals surface area (Å²) in [6.45, 7) is 0.991. The number of fused-ring (bicyclic) bond motifs is 2. The van der Waals surface area contributed by atoms with Crippen molar-refractivity contribution in [3.63, 3.8) is 0 Å². The fourth-order valence-corrected chi connectivity index (χ4v) is 4.75. The fraction of sp³-hybridized carbons (Fsp3) is 0.350. The smallest absolute Gasteiger partial charge is 0.231 e. The number of ether oxygens (including phenoxy) is 4. The van der Waals surface area contributed by atoms with Crippen LogP contribution in [0.25, 0.3) is 0 Å². The quantitative estimate of drug-likeness (QED) is 0.681. The third-order valence-corrected chi connectivity index (χ3v) is 6.16. The second-order valence-electron chi connectivity index (χ2n) is 6.40. The highest BCUT2D eigenvalue weighted by molar-refractivity contribution is 14.1. The predicted octanol–water partition coefficient (Wildman–Crippen LogP) is 3.53. The Bertz CT molecular complexity index is 925. The van der Waals surface area contributed by atoms with Gasteiger partial charge in [-0.25, -0.2) is 0 Å². The second kappa shape index (κ2) is 7.44. The molecular weight excluding hydrogens is 459 g/mol. The van der Waals surface area contributed by atoms with Crippen LogP contribution in [-0.2, 0) is 6.42 Å². The number of nitrogens with zero attached hydrogens (tertiary/aromatic N) is 1. The van der Waals surface area contributed by atoms with Crippen molar-refractivity contribution in [2.24, 2.45) is 0 Å². The molecule has 0 aliphatic carbocycles. The van der Waals surface area contributed by atoms with E-state index in [1.54, 1.807) is 14.2 Å². The zero-order chi connectivity index (χ0) is 19.0. The van der Waals surface area contributed by atoms with E-state index in [2.05, 4.69) is 34.0 Å². The Balaban J connectivity index is 1.81. The van der Waals surface area contributed by atoms with Crippen LogP contribution < -0.4 is 24.3 Å². The largest absolute Gasteiger partial charge is 0.493 e. The molecule has 0 amide bonds. The summed E-state index contributed by atoms with van der Waals surface area (Å²) in [6.07, 6.45) is 0.824. The minimum Gasteiger partial charge on any atom is -0.493 e. The molecule has 0 saturated heterocycles. The molecule has 0 saturated carbocycles. The number of hydrogen-bond donors (Lipinski definition) is 1. The highest BCUT2D eigenvalue weighted by atomic mass is 127. The van der Waals surface area contributed by atoms with E-state index in [-0.39, 0.29) is 18.8 Å². The number of hydrogen-bond acceptors (Lipinski definition) is 6. The van der Waals surface area contributed by atoms with Crippen molar-refractivity contribution in [3.8, 4) is 29.1 Å². The van der Waals surface area contributed by atoms with Crippen molar-refractivity contribution < 1.29 is 18.9 Å². The minimum absolute atomic E-state index is 0.164. The van der Waals surface area contributed by atoms with Crippen molar-refractivity contribution in [1.29, 1.82) is 5.26 Å². The van der Waals surface area contributed by atoms with Gasteiger partial charge in [0.15, 0.2) is 23.0 Å². The van der Waals surface area contributed by atoms with Crippen LogP contribution in [0.2, 0.25) is 0 Å². The van der Waals surface area contributed by atoms with Crippen molar-refractivity contribution in [3.05, 3.63) is 44.5 Å². The van der Waals surface area contributed by atoms with Crippen LogP contribution in [0.4, 0.5) is 0 Å². The molecule has 2 aliphatic heterocycles. The van der Waals surface area contributed by atoms with Gasteiger partial charge in [-0.15, -0.1) is 0 Å². The first-order valence-electron chi connectivity index (χ1n) is 8.63. The van der Waals surface area contributed by atoms with Crippen LogP contribution in [0.1, 0.15) is 28.7 Å². The zero-order valence-corrected chi connectivity index (χ0v) is 17.2. The van der Waals surface area contributed by atoms with E-state index in [1.807, 2.05) is 24.3 Å². The van der Waals surface area contributed by atoms with Crippen molar-refractivity contribution in [2.45, 2.75) is 18.4 Å². The Morgan fingerprint density at radius 2 is 1.93 bits per heavy atom.